The molecule has 0 spiro atoms. The highest BCUT2D eigenvalue weighted by molar-refractivity contribution is 5.84. The van der Waals surface area contributed by atoms with E-state index in [2.05, 4.69) is 18.8 Å². The van der Waals surface area contributed by atoms with Gasteiger partial charge in [-0.3, -0.25) is 0 Å². The zero-order chi connectivity index (χ0) is 23.4. The van der Waals surface area contributed by atoms with E-state index in [1.807, 2.05) is 0 Å². The van der Waals surface area contributed by atoms with Gasteiger partial charge in [-0.25, -0.2) is 17.6 Å². The molecule has 0 heterocycles. The first-order chi connectivity index (χ1) is 16.0. The van der Waals surface area contributed by atoms with Gasteiger partial charge in [-0.2, -0.15) is 0 Å². The van der Waals surface area contributed by atoms with Crippen LogP contribution in [0.1, 0.15) is 30.9 Å². The molecule has 0 saturated heterocycles. The Hall–Kier alpha value is -3.78. The maximum Gasteiger partial charge on any atom is 0.195 e. The average Bonchev–Trinajstić information content (AvgIpc) is 2.82. The average molecular weight is 448 g/mol. The van der Waals surface area contributed by atoms with Crippen molar-refractivity contribution in [3.05, 3.63) is 101 Å². The van der Waals surface area contributed by atoms with Crippen LogP contribution in [0.2, 0.25) is 0 Å². The summed E-state index contributed by atoms with van der Waals surface area (Å²) in [6.45, 7) is 2.62. The van der Waals surface area contributed by atoms with E-state index in [0.717, 1.165) is 18.9 Å². The molecular weight excluding hydrogens is 428 g/mol. The summed E-state index contributed by atoms with van der Waals surface area (Å²) in [5.74, 6) is 2.09. The van der Waals surface area contributed by atoms with Crippen LogP contribution in [0.3, 0.4) is 0 Å². The minimum Gasteiger partial charge on any atom is -0.493 e. The Kier molecular flexibility index (Phi) is 6.65. The predicted molar refractivity (Wildman–Crippen MR) is 122 cm³/mol. The van der Waals surface area contributed by atoms with Gasteiger partial charge >= 0.3 is 0 Å². The summed E-state index contributed by atoms with van der Waals surface area (Å²) < 4.78 is 60.8. The first kappa shape index (κ1) is 22.4. The van der Waals surface area contributed by atoms with Gasteiger partial charge in [0.1, 0.15) is 11.6 Å². The summed E-state index contributed by atoms with van der Waals surface area (Å²) in [5, 5.41) is 0.221. The molecular formula is C28H20F4O. The van der Waals surface area contributed by atoms with Gasteiger partial charge in [-0.15, -0.1) is 0 Å². The second-order valence-electron chi connectivity index (χ2n) is 7.59. The lowest BCUT2D eigenvalue weighted by Crippen LogP contribution is -1.97. The molecule has 4 aromatic rings. The van der Waals surface area contributed by atoms with Crippen LogP contribution < -0.4 is 4.74 Å². The summed E-state index contributed by atoms with van der Waals surface area (Å²) >= 11 is 0. The van der Waals surface area contributed by atoms with Gasteiger partial charge < -0.3 is 4.74 Å². The molecule has 0 fully saturated rings. The molecule has 0 aliphatic carbocycles. The Morgan fingerprint density at radius 3 is 2.18 bits per heavy atom. The fourth-order valence-corrected chi connectivity index (χ4v) is 3.41. The summed E-state index contributed by atoms with van der Waals surface area (Å²) in [6.07, 6.45) is 1.92. The Bertz CT molecular complexity index is 1370. The van der Waals surface area contributed by atoms with Gasteiger partial charge in [-0.05, 0) is 59.8 Å². The van der Waals surface area contributed by atoms with E-state index in [0.29, 0.717) is 34.6 Å². The fraction of sp³-hybridized carbons (Fsp3) is 0.143. The van der Waals surface area contributed by atoms with Crippen molar-refractivity contribution in [2.24, 2.45) is 0 Å². The molecule has 0 unspecified atom stereocenters. The largest absolute Gasteiger partial charge is 0.493 e. The van der Waals surface area contributed by atoms with Gasteiger partial charge in [0.05, 0.1) is 6.61 Å². The Balaban J connectivity index is 1.53. The number of halogens is 4. The zero-order valence-corrected chi connectivity index (χ0v) is 17.9. The van der Waals surface area contributed by atoms with Gasteiger partial charge in [0, 0.05) is 28.1 Å². The highest BCUT2D eigenvalue weighted by atomic mass is 19.2. The molecule has 0 saturated carbocycles. The lowest BCUT2D eigenvalue weighted by Gasteiger charge is -2.08. The summed E-state index contributed by atoms with van der Waals surface area (Å²) in [7, 11) is 0. The van der Waals surface area contributed by atoms with Crippen molar-refractivity contribution >= 4 is 10.8 Å². The molecule has 166 valence electrons. The number of fused-ring (bicyclic) bond motifs is 1. The third kappa shape index (κ3) is 5.01. The van der Waals surface area contributed by atoms with E-state index < -0.39 is 17.5 Å². The number of ether oxygens (including phenoxy) is 1. The van der Waals surface area contributed by atoms with Gasteiger partial charge in [0.2, 0.25) is 0 Å². The molecule has 0 N–H and O–H groups in total. The van der Waals surface area contributed by atoms with Crippen LogP contribution in [0.5, 0.6) is 5.75 Å². The van der Waals surface area contributed by atoms with Crippen molar-refractivity contribution in [2.75, 3.05) is 6.61 Å². The van der Waals surface area contributed by atoms with Gasteiger partial charge in [0.25, 0.3) is 0 Å². The van der Waals surface area contributed by atoms with Crippen LogP contribution in [-0.2, 0) is 0 Å². The molecule has 4 rings (SSSR count). The number of benzene rings is 4. The van der Waals surface area contributed by atoms with E-state index >= 15 is 0 Å². The first-order valence-corrected chi connectivity index (χ1v) is 10.6. The summed E-state index contributed by atoms with van der Waals surface area (Å²) in [4.78, 5) is 0. The number of unbranched alkanes of at least 4 members (excludes halogenated alkanes) is 1. The van der Waals surface area contributed by atoms with Crippen LogP contribution >= 0.6 is 0 Å². The molecule has 33 heavy (non-hydrogen) atoms. The Morgan fingerprint density at radius 1 is 0.727 bits per heavy atom. The van der Waals surface area contributed by atoms with Gasteiger partial charge in [0.15, 0.2) is 17.5 Å². The van der Waals surface area contributed by atoms with E-state index in [4.69, 9.17) is 4.74 Å². The highest BCUT2D eigenvalue weighted by Gasteiger charge is 2.13. The molecule has 5 heteroatoms. The molecule has 0 aromatic heterocycles. The highest BCUT2D eigenvalue weighted by Crippen LogP contribution is 2.27. The van der Waals surface area contributed by atoms with Crippen molar-refractivity contribution in [3.63, 3.8) is 0 Å². The van der Waals surface area contributed by atoms with Crippen LogP contribution in [0, 0.1) is 35.1 Å². The standard InChI is InChI=1S/C28H20F4O/c1-2-3-14-33-22-11-13-23(25(29)17-22)20-9-6-18(7-10-20)4-5-19-8-12-24-21(15-19)16-26(30)28(32)27(24)31/h6-13,15-17H,2-3,14H2,1H3. The van der Waals surface area contributed by atoms with Crippen LogP contribution in [0.4, 0.5) is 17.6 Å². The Morgan fingerprint density at radius 2 is 1.45 bits per heavy atom. The molecule has 1 nitrogen and oxygen atoms in total. The monoisotopic (exact) mass is 448 g/mol. The first-order valence-electron chi connectivity index (χ1n) is 10.6. The number of hydrogen-bond donors (Lipinski definition) is 0. The quantitative estimate of drug-likeness (QED) is 0.132. The molecule has 0 bridgehead atoms. The van der Waals surface area contributed by atoms with E-state index in [-0.39, 0.29) is 16.6 Å². The van der Waals surface area contributed by atoms with E-state index in [9.17, 15) is 17.6 Å². The summed E-state index contributed by atoms with van der Waals surface area (Å²) in [5.41, 5.74) is 2.39. The second-order valence-corrected chi connectivity index (χ2v) is 7.59. The number of rotatable bonds is 5. The van der Waals surface area contributed by atoms with Gasteiger partial charge in [-0.1, -0.05) is 43.4 Å². The number of hydrogen-bond acceptors (Lipinski definition) is 1. The SMILES string of the molecule is CCCCOc1ccc(-c2ccc(C#Cc3ccc4c(F)c(F)c(F)cc4c3)cc2)c(F)c1. The molecule has 0 atom stereocenters. The van der Waals surface area contributed by atoms with Crippen molar-refractivity contribution < 1.29 is 22.3 Å². The molecule has 0 aliphatic rings. The predicted octanol–water partition coefficient (Wildman–Crippen LogP) is 7.64. The zero-order valence-electron chi connectivity index (χ0n) is 17.9. The Labute approximate surface area is 189 Å². The molecule has 0 radical (unpaired) electrons. The fourth-order valence-electron chi connectivity index (χ4n) is 3.41. The van der Waals surface area contributed by atoms with Crippen molar-refractivity contribution in [2.45, 2.75) is 19.8 Å². The maximum absolute atomic E-state index is 14.5. The third-order valence-electron chi connectivity index (χ3n) is 5.23. The third-order valence-corrected chi connectivity index (χ3v) is 5.23. The normalized spacial score (nSPS) is 10.7. The maximum atomic E-state index is 14.5. The van der Waals surface area contributed by atoms with Crippen molar-refractivity contribution in [3.8, 4) is 28.7 Å². The van der Waals surface area contributed by atoms with Crippen LogP contribution in [-0.4, -0.2) is 6.61 Å². The van der Waals surface area contributed by atoms with Crippen LogP contribution in [0.15, 0.2) is 66.7 Å². The lowest BCUT2D eigenvalue weighted by molar-refractivity contribution is 0.308. The molecule has 4 aromatic carbocycles. The second kappa shape index (κ2) is 9.79. The minimum atomic E-state index is -1.49. The molecule has 0 amide bonds. The lowest BCUT2D eigenvalue weighted by atomic mass is 10.0. The van der Waals surface area contributed by atoms with E-state index in [1.165, 1.54) is 18.2 Å². The topological polar surface area (TPSA) is 9.23 Å². The van der Waals surface area contributed by atoms with Crippen LogP contribution in [0.25, 0.3) is 21.9 Å². The smallest absolute Gasteiger partial charge is 0.195 e. The van der Waals surface area contributed by atoms with Crippen molar-refractivity contribution in [1.29, 1.82) is 0 Å². The minimum absolute atomic E-state index is 0.00684. The summed E-state index contributed by atoms with van der Waals surface area (Å²) in [6, 6.07) is 17.3. The molecule has 0 aliphatic heterocycles. The van der Waals surface area contributed by atoms with E-state index in [1.54, 1.807) is 42.5 Å². The van der Waals surface area contributed by atoms with Crippen molar-refractivity contribution in [1.82, 2.24) is 0 Å².